The van der Waals surface area contributed by atoms with Gasteiger partial charge in [-0.05, 0) is 104 Å². The molecule has 4 rings (SSSR count). The molecule has 0 N–H and O–H groups in total. The van der Waals surface area contributed by atoms with Gasteiger partial charge in [0.05, 0.1) is 0 Å². The van der Waals surface area contributed by atoms with E-state index in [1.807, 2.05) is 19.2 Å². The molecular weight excluding hydrogens is 388 g/mol. The van der Waals surface area contributed by atoms with E-state index < -0.39 is 0 Å². The third kappa shape index (κ3) is 5.68. The molecule has 0 saturated heterocycles. The molecule has 2 aliphatic rings. The molecule has 2 aliphatic carbocycles. The number of methoxy groups -OCH3 is 1. The number of rotatable bonds is 7. The van der Waals surface area contributed by atoms with Crippen LogP contribution in [-0.2, 0) is 4.74 Å². The summed E-state index contributed by atoms with van der Waals surface area (Å²) in [5.74, 6) is 3.70. The molecule has 30 heavy (non-hydrogen) atoms. The van der Waals surface area contributed by atoms with Crippen molar-refractivity contribution in [1.82, 2.24) is 0 Å². The van der Waals surface area contributed by atoms with Crippen molar-refractivity contribution < 1.29 is 4.74 Å². The van der Waals surface area contributed by atoms with E-state index in [1.54, 1.807) is 0 Å². The maximum absolute atomic E-state index is 6.02. The fourth-order valence-electron chi connectivity index (χ4n) is 5.98. The quantitative estimate of drug-likeness (QED) is 0.404. The van der Waals surface area contributed by atoms with Crippen molar-refractivity contribution >= 4 is 11.6 Å². The molecule has 0 atom stereocenters. The molecule has 0 bridgehead atoms. The second kappa shape index (κ2) is 10.8. The molecular formula is C28H37ClO. The molecule has 1 nitrogen and oxygen atoms in total. The van der Waals surface area contributed by atoms with E-state index in [-0.39, 0.29) is 0 Å². The van der Waals surface area contributed by atoms with Crippen LogP contribution in [0.1, 0.15) is 75.7 Å². The molecule has 0 heterocycles. The molecule has 2 saturated carbocycles. The van der Waals surface area contributed by atoms with Gasteiger partial charge in [-0.2, -0.15) is 0 Å². The van der Waals surface area contributed by atoms with Crippen molar-refractivity contribution in [1.29, 1.82) is 0 Å². The van der Waals surface area contributed by atoms with Crippen LogP contribution in [0.2, 0.25) is 5.02 Å². The molecule has 0 aliphatic heterocycles. The molecule has 2 aromatic rings. The predicted octanol–water partition coefficient (Wildman–Crippen LogP) is 8.51. The third-order valence-corrected chi connectivity index (χ3v) is 8.10. The zero-order valence-electron chi connectivity index (χ0n) is 18.5. The largest absolute Gasteiger partial charge is 0.385 e. The fraction of sp³-hybridized carbons (Fsp3) is 0.571. The smallest absolute Gasteiger partial charge is 0.0462 e. The Morgan fingerprint density at radius 1 is 0.733 bits per heavy atom. The van der Waals surface area contributed by atoms with Crippen molar-refractivity contribution in [3.8, 4) is 11.1 Å². The van der Waals surface area contributed by atoms with Gasteiger partial charge in [-0.15, -0.1) is 0 Å². The highest BCUT2D eigenvalue weighted by Crippen LogP contribution is 2.44. The lowest BCUT2D eigenvalue weighted by Gasteiger charge is -2.38. The molecule has 0 amide bonds. The lowest BCUT2D eigenvalue weighted by atomic mass is 9.68. The van der Waals surface area contributed by atoms with Gasteiger partial charge in [-0.3, -0.25) is 0 Å². The Balaban J connectivity index is 1.24. The van der Waals surface area contributed by atoms with E-state index >= 15 is 0 Å². The highest BCUT2D eigenvalue weighted by Gasteiger charge is 2.31. The zero-order valence-corrected chi connectivity index (χ0v) is 19.2. The Hall–Kier alpha value is -1.31. The van der Waals surface area contributed by atoms with Gasteiger partial charge in [0.2, 0.25) is 0 Å². The number of benzene rings is 2. The average Bonchev–Trinajstić information content (AvgIpc) is 2.81. The van der Waals surface area contributed by atoms with Gasteiger partial charge in [0.1, 0.15) is 0 Å². The summed E-state index contributed by atoms with van der Waals surface area (Å²) < 4.78 is 5.22. The summed E-state index contributed by atoms with van der Waals surface area (Å²) >= 11 is 6.02. The Kier molecular flexibility index (Phi) is 7.90. The highest BCUT2D eigenvalue weighted by atomic mass is 35.5. The van der Waals surface area contributed by atoms with Crippen LogP contribution in [0.3, 0.4) is 0 Å². The molecule has 0 radical (unpaired) electrons. The summed E-state index contributed by atoms with van der Waals surface area (Å²) in [7, 11) is 1.82. The number of ether oxygens (including phenoxy) is 1. The summed E-state index contributed by atoms with van der Waals surface area (Å²) in [6.45, 7) is 0.935. The van der Waals surface area contributed by atoms with Crippen molar-refractivity contribution in [2.24, 2.45) is 17.8 Å². The van der Waals surface area contributed by atoms with E-state index in [0.717, 1.165) is 35.3 Å². The van der Waals surface area contributed by atoms with Crippen LogP contribution < -0.4 is 0 Å². The highest BCUT2D eigenvalue weighted by molar-refractivity contribution is 6.30. The van der Waals surface area contributed by atoms with E-state index in [4.69, 9.17) is 16.3 Å². The van der Waals surface area contributed by atoms with Crippen LogP contribution in [0, 0.1) is 17.8 Å². The Morgan fingerprint density at radius 2 is 1.27 bits per heavy atom. The van der Waals surface area contributed by atoms with Crippen LogP contribution >= 0.6 is 11.6 Å². The van der Waals surface area contributed by atoms with E-state index in [0.29, 0.717) is 0 Å². The lowest BCUT2D eigenvalue weighted by Crippen LogP contribution is -2.25. The second-order valence-corrected chi connectivity index (χ2v) is 10.1. The van der Waals surface area contributed by atoms with Crippen LogP contribution in [-0.4, -0.2) is 13.7 Å². The van der Waals surface area contributed by atoms with Crippen LogP contribution in [0.5, 0.6) is 0 Å². The van der Waals surface area contributed by atoms with Gasteiger partial charge >= 0.3 is 0 Å². The number of hydrogen-bond donors (Lipinski definition) is 0. The minimum absolute atomic E-state index is 0.755. The molecule has 2 aromatic carbocycles. The lowest BCUT2D eigenvalue weighted by molar-refractivity contribution is 0.144. The first-order valence-electron chi connectivity index (χ1n) is 12.1. The maximum atomic E-state index is 6.02. The molecule has 0 aromatic heterocycles. The number of halogens is 1. The summed E-state index contributed by atoms with van der Waals surface area (Å²) in [4.78, 5) is 0. The third-order valence-electron chi connectivity index (χ3n) is 7.85. The molecule has 162 valence electrons. The SMILES string of the molecule is COCCCC1CCC(C2CCC(c3ccc(-c4ccc(Cl)cc4)cc3)CC2)CC1. The minimum Gasteiger partial charge on any atom is -0.385 e. The van der Waals surface area contributed by atoms with Gasteiger partial charge in [0, 0.05) is 18.7 Å². The van der Waals surface area contributed by atoms with E-state index in [9.17, 15) is 0 Å². The summed E-state index contributed by atoms with van der Waals surface area (Å²) in [6, 6.07) is 17.5. The standard InChI is InChI=1S/C28H37ClO/c1-30-20-2-3-21-4-6-22(7-5-21)23-8-10-24(11-9-23)25-12-14-26(15-13-25)27-16-18-28(29)19-17-27/h12-19,21-24H,2-11,20H2,1H3. The molecule has 0 unspecified atom stereocenters. The first-order chi connectivity index (χ1) is 14.7. The van der Waals surface area contributed by atoms with E-state index in [2.05, 4.69) is 36.4 Å². The summed E-state index contributed by atoms with van der Waals surface area (Å²) in [5.41, 5.74) is 4.06. The zero-order chi connectivity index (χ0) is 20.8. The predicted molar refractivity (Wildman–Crippen MR) is 128 cm³/mol. The van der Waals surface area contributed by atoms with Crippen LogP contribution in [0.4, 0.5) is 0 Å². The van der Waals surface area contributed by atoms with Gasteiger partial charge in [-0.25, -0.2) is 0 Å². The molecule has 0 spiro atoms. The topological polar surface area (TPSA) is 9.23 Å². The molecule has 2 heteroatoms. The van der Waals surface area contributed by atoms with Gasteiger partial charge < -0.3 is 4.74 Å². The Bertz CT molecular complexity index is 750. The van der Waals surface area contributed by atoms with Gasteiger partial charge in [0.15, 0.2) is 0 Å². The van der Waals surface area contributed by atoms with E-state index in [1.165, 1.54) is 80.9 Å². The second-order valence-electron chi connectivity index (χ2n) is 9.66. The van der Waals surface area contributed by atoms with Gasteiger partial charge in [0.25, 0.3) is 0 Å². The van der Waals surface area contributed by atoms with Crippen LogP contribution in [0.25, 0.3) is 11.1 Å². The summed E-state index contributed by atoms with van der Waals surface area (Å²) in [6.07, 6.45) is 14.1. The van der Waals surface area contributed by atoms with Crippen molar-refractivity contribution in [2.75, 3.05) is 13.7 Å². The van der Waals surface area contributed by atoms with Crippen LogP contribution in [0.15, 0.2) is 48.5 Å². The number of hydrogen-bond acceptors (Lipinski definition) is 1. The maximum Gasteiger partial charge on any atom is 0.0462 e. The monoisotopic (exact) mass is 424 g/mol. The van der Waals surface area contributed by atoms with Crippen molar-refractivity contribution in [3.63, 3.8) is 0 Å². The first kappa shape index (κ1) is 21.9. The summed E-state index contributed by atoms with van der Waals surface area (Å²) in [5, 5.41) is 0.798. The Labute approximate surface area is 188 Å². The average molecular weight is 425 g/mol. The van der Waals surface area contributed by atoms with Gasteiger partial charge in [-0.1, -0.05) is 60.8 Å². The normalized spacial score (nSPS) is 27.1. The van der Waals surface area contributed by atoms with Crippen molar-refractivity contribution in [3.05, 3.63) is 59.1 Å². The Morgan fingerprint density at radius 3 is 1.83 bits per heavy atom. The fourth-order valence-corrected chi connectivity index (χ4v) is 6.10. The van der Waals surface area contributed by atoms with Crippen molar-refractivity contribution in [2.45, 2.75) is 70.1 Å². The minimum atomic E-state index is 0.755. The first-order valence-corrected chi connectivity index (χ1v) is 12.5. The molecule has 2 fully saturated rings.